The molecule has 1 fully saturated rings. The molecule has 108 valence electrons. The van der Waals surface area contributed by atoms with Crippen molar-refractivity contribution in [3.05, 3.63) is 0 Å². The summed E-state index contributed by atoms with van der Waals surface area (Å²) in [6.07, 6.45) is 3.68. The van der Waals surface area contributed by atoms with Gasteiger partial charge in [0.1, 0.15) is 0 Å². The third-order valence-corrected chi connectivity index (χ3v) is 4.00. The predicted octanol–water partition coefficient (Wildman–Crippen LogP) is 2.37. The van der Waals surface area contributed by atoms with E-state index in [1.165, 1.54) is 25.8 Å². The molecule has 1 rings (SSSR count). The maximum Gasteiger partial charge on any atom is 0.0469 e. The second-order valence-electron chi connectivity index (χ2n) is 6.01. The summed E-state index contributed by atoms with van der Waals surface area (Å²) in [5.41, 5.74) is 0. The second kappa shape index (κ2) is 8.89. The highest BCUT2D eigenvalue weighted by molar-refractivity contribution is 4.77. The first-order valence-electron chi connectivity index (χ1n) is 7.63. The van der Waals surface area contributed by atoms with Crippen molar-refractivity contribution in [2.75, 3.05) is 39.9 Å². The van der Waals surface area contributed by atoms with Crippen molar-refractivity contribution >= 4 is 0 Å². The quantitative estimate of drug-likeness (QED) is 0.675. The molecular formula is C15H32N2O. The highest BCUT2D eigenvalue weighted by Crippen LogP contribution is 2.18. The average Bonchev–Trinajstić information content (AvgIpc) is 2.35. The van der Waals surface area contributed by atoms with Crippen LogP contribution < -0.4 is 5.32 Å². The lowest BCUT2D eigenvalue weighted by molar-refractivity contribution is 0.0466. The maximum absolute atomic E-state index is 5.44. The third-order valence-electron chi connectivity index (χ3n) is 4.00. The van der Waals surface area contributed by atoms with Crippen LogP contribution in [0.1, 0.15) is 40.0 Å². The molecule has 18 heavy (non-hydrogen) atoms. The minimum absolute atomic E-state index is 0.652. The van der Waals surface area contributed by atoms with Gasteiger partial charge in [-0.3, -0.25) is 0 Å². The lowest BCUT2D eigenvalue weighted by atomic mass is 9.96. The Balaban J connectivity index is 2.35. The Morgan fingerprint density at radius 3 is 2.50 bits per heavy atom. The number of nitrogens with zero attached hydrogens (tertiary/aromatic N) is 1. The summed E-state index contributed by atoms with van der Waals surface area (Å²) in [5, 5.41) is 3.57. The summed E-state index contributed by atoms with van der Waals surface area (Å²) >= 11 is 0. The molecular weight excluding hydrogens is 224 g/mol. The smallest absolute Gasteiger partial charge is 0.0469 e. The summed E-state index contributed by atoms with van der Waals surface area (Å²) in [5.74, 6) is 1.54. The van der Waals surface area contributed by atoms with Crippen LogP contribution in [0.3, 0.4) is 0 Å². The fourth-order valence-electron chi connectivity index (χ4n) is 2.80. The molecule has 0 amide bonds. The summed E-state index contributed by atoms with van der Waals surface area (Å²) in [4.78, 5) is 2.56. The first-order chi connectivity index (χ1) is 8.65. The fraction of sp³-hybridized carbons (Fsp3) is 1.00. The summed E-state index contributed by atoms with van der Waals surface area (Å²) in [6, 6.07) is 0.652. The predicted molar refractivity (Wildman–Crippen MR) is 78.0 cm³/mol. The van der Waals surface area contributed by atoms with Crippen molar-refractivity contribution in [2.45, 2.75) is 46.1 Å². The van der Waals surface area contributed by atoms with E-state index < -0.39 is 0 Å². The molecule has 0 aromatic heterocycles. The highest BCUT2D eigenvalue weighted by atomic mass is 16.5. The van der Waals surface area contributed by atoms with Gasteiger partial charge in [-0.1, -0.05) is 20.8 Å². The molecule has 0 aromatic rings. The Hall–Kier alpha value is -0.120. The van der Waals surface area contributed by atoms with Gasteiger partial charge in [0.2, 0.25) is 0 Å². The van der Waals surface area contributed by atoms with Gasteiger partial charge in [0.25, 0.3) is 0 Å². The van der Waals surface area contributed by atoms with E-state index in [-0.39, 0.29) is 0 Å². The summed E-state index contributed by atoms with van der Waals surface area (Å²) < 4.78 is 5.44. The Morgan fingerprint density at radius 1 is 1.28 bits per heavy atom. The van der Waals surface area contributed by atoms with E-state index in [0.717, 1.165) is 32.2 Å². The molecule has 1 unspecified atom stereocenters. The van der Waals surface area contributed by atoms with Gasteiger partial charge in [0.05, 0.1) is 0 Å². The van der Waals surface area contributed by atoms with Crippen LogP contribution in [0.4, 0.5) is 0 Å². The zero-order valence-electron chi connectivity index (χ0n) is 12.7. The van der Waals surface area contributed by atoms with Gasteiger partial charge in [0, 0.05) is 32.3 Å². The minimum Gasteiger partial charge on any atom is -0.381 e. The van der Waals surface area contributed by atoms with E-state index in [1.54, 1.807) is 0 Å². The van der Waals surface area contributed by atoms with E-state index >= 15 is 0 Å². The van der Waals surface area contributed by atoms with Gasteiger partial charge in [0.15, 0.2) is 0 Å². The maximum atomic E-state index is 5.44. The van der Waals surface area contributed by atoms with E-state index in [0.29, 0.717) is 12.0 Å². The molecule has 0 aliphatic carbocycles. The summed E-state index contributed by atoms with van der Waals surface area (Å²) in [7, 11) is 2.29. The van der Waals surface area contributed by atoms with Crippen LogP contribution in [-0.4, -0.2) is 50.8 Å². The van der Waals surface area contributed by atoms with Crippen LogP contribution in [0.5, 0.6) is 0 Å². The fourth-order valence-corrected chi connectivity index (χ4v) is 2.80. The molecule has 1 saturated heterocycles. The van der Waals surface area contributed by atoms with Gasteiger partial charge in [-0.15, -0.1) is 0 Å². The van der Waals surface area contributed by atoms with Crippen molar-refractivity contribution in [1.82, 2.24) is 10.2 Å². The first kappa shape index (κ1) is 15.9. The number of nitrogens with one attached hydrogen (secondary N) is 1. The van der Waals surface area contributed by atoms with Gasteiger partial charge in [-0.2, -0.15) is 0 Å². The molecule has 1 heterocycles. The molecule has 3 nitrogen and oxygen atoms in total. The van der Waals surface area contributed by atoms with Crippen molar-refractivity contribution in [1.29, 1.82) is 0 Å². The Labute approximate surface area is 113 Å². The average molecular weight is 256 g/mol. The van der Waals surface area contributed by atoms with Gasteiger partial charge in [-0.25, -0.2) is 0 Å². The second-order valence-corrected chi connectivity index (χ2v) is 6.01. The molecule has 1 atom stereocenters. The molecule has 0 bridgehead atoms. The van der Waals surface area contributed by atoms with Crippen LogP contribution in [-0.2, 0) is 4.74 Å². The molecule has 1 aliphatic rings. The summed E-state index contributed by atoms with van der Waals surface area (Å²) in [6.45, 7) is 12.3. The molecule has 0 radical (unpaired) electrons. The normalized spacial score (nSPS) is 19.7. The standard InChI is InChI=1S/C15H32N2O/c1-5-8-16-11-15(13(2)3)17(4)12-14-6-9-18-10-7-14/h13-16H,5-12H2,1-4H3. The lowest BCUT2D eigenvalue weighted by Crippen LogP contribution is -2.46. The Morgan fingerprint density at radius 2 is 1.94 bits per heavy atom. The molecule has 0 spiro atoms. The molecule has 0 saturated carbocycles. The van der Waals surface area contributed by atoms with Crippen LogP contribution >= 0.6 is 0 Å². The molecule has 3 heteroatoms. The SMILES string of the molecule is CCCNCC(C(C)C)N(C)CC1CCOCC1. The van der Waals surface area contributed by atoms with Crippen LogP contribution in [0, 0.1) is 11.8 Å². The molecule has 1 N–H and O–H groups in total. The van der Waals surface area contributed by atoms with E-state index in [4.69, 9.17) is 4.74 Å². The van der Waals surface area contributed by atoms with Crippen LogP contribution in [0.25, 0.3) is 0 Å². The highest BCUT2D eigenvalue weighted by Gasteiger charge is 2.22. The van der Waals surface area contributed by atoms with E-state index in [9.17, 15) is 0 Å². The first-order valence-corrected chi connectivity index (χ1v) is 7.63. The lowest BCUT2D eigenvalue weighted by Gasteiger charge is -2.35. The monoisotopic (exact) mass is 256 g/mol. The van der Waals surface area contributed by atoms with Crippen molar-refractivity contribution < 1.29 is 4.74 Å². The van der Waals surface area contributed by atoms with Gasteiger partial charge in [-0.05, 0) is 44.7 Å². The van der Waals surface area contributed by atoms with Crippen molar-refractivity contribution in [3.8, 4) is 0 Å². The Kier molecular flexibility index (Phi) is 7.87. The molecule has 0 aromatic carbocycles. The molecule has 1 aliphatic heterocycles. The van der Waals surface area contributed by atoms with Crippen LogP contribution in [0.2, 0.25) is 0 Å². The zero-order chi connectivity index (χ0) is 13.4. The van der Waals surface area contributed by atoms with Crippen molar-refractivity contribution in [2.24, 2.45) is 11.8 Å². The largest absolute Gasteiger partial charge is 0.381 e. The third kappa shape index (κ3) is 5.68. The minimum atomic E-state index is 0.652. The van der Waals surface area contributed by atoms with Crippen molar-refractivity contribution in [3.63, 3.8) is 0 Å². The number of hydrogen-bond donors (Lipinski definition) is 1. The van der Waals surface area contributed by atoms with E-state index in [1.807, 2.05) is 0 Å². The number of ether oxygens (including phenoxy) is 1. The van der Waals surface area contributed by atoms with Gasteiger partial charge < -0.3 is 15.0 Å². The van der Waals surface area contributed by atoms with Gasteiger partial charge >= 0.3 is 0 Å². The van der Waals surface area contributed by atoms with Crippen LogP contribution in [0.15, 0.2) is 0 Å². The Bertz CT molecular complexity index is 203. The zero-order valence-corrected chi connectivity index (χ0v) is 12.7. The van der Waals surface area contributed by atoms with E-state index in [2.05, 4.69) is 38.0 Å². The number of rotatable bonds is 8. The number of likely N-dealkylation sites (N-methyl/N-ethyl adjacent to an activating group) is 1. The number of hydrogen-bond acceptors (Lipinski definition) is 3. The topological polar surface area (TPSA) is 24.5 Å².